The molecule has 2 atom stereocenters. The number of piperidine rings is 1. The van der Waals surface area contributed by atoms with Crippen molar-refractivity contribution in [3.63, 3.8) is 0 Å². The third kappa shape index (κ3) is 4.03. The molecule has 6 nitrogen and oxygen atoms in total. The molecule has 1 N–H and O–H groups in total. The predicted octanol–water partition coefficient (Wildman–Crippen LogP) is 3.11. The van der Waals surface area contributed by atoms with Crippen LogP contribution in [0.4, 0.5) is 10.5 Å². The minimum absolute atomic E-state index is 0.153. The van der Waals surface area contributed by atoms with Crippen LogP contribution in [0.3, 0.4) is 0 Å². The molecular formula is C18H26N4O2S. The van der Waals surface area contributed by atoms with Crippen molar-refractivity contribution >= 4 is 29.1 Å². The number of rotatable bonds is 4. The molecule has 7 heteroatoms. The molecule has 2 unspecified atom stereocenters. The molecule has 3 heterocycles. The van der Waals surface area contributed by atoms with Crippen LogP contribution in [0.1, 0.15) is 33.1 Å². The predicted molar refractivity (Wildman–Crippen MR) is 101 cm³/mol. The molecule has 25 heavy (non-hydrogen) atoms. The summed E-state index contributed by atoms with van der Waals surface area (Å²) in [6.07, 6.45) is 6.22. The van der Waals surface area contributed by atoms with Gasteiger partial charge in [-0.25, -0.2) is 4.79 Å². The summed E-state index contributed by atoms with van der Waals surface area (Å²) in [6, 6.07) is 4.27. The fraction of sp³-hybridized carbons (Fsp3) is 0.611. The summed E-state index contributed by atoms with van der Waals surface area (Å²) >= 11 is 5.52. The average molecular weight is 362 g/mol. The van der Waals surface area contributed by atoms with Crippen LogP contribution in [0, 0.1) is 5.92 Å². The zero-order valence-corrected chi connectivity index (χ0v) is 15.7. The Bertz CT molecular complexity index is 604. The number of anilines is 1. The van der Waals surface area contributed by atoms with Crippen LogP contribution < -0.4 is 5.32 Å². The molecule has 0 saturated carbocycles. The van der Waals surface area contributed by atoms with Crippen molar-refractivity contribution < 1.29 is 9.53 Å². The first-order valence-electron chi connectivity index (χ1n) is 9.01. The van der Waals surface area contributed by atoms with E-state index in [9.17, 15) is 4.79 Å². The van der Waals surface area contributed by atoms with Crippen molar-refractivity contribution in [2.24, 2.45) is 5.92 Å². The molecule has 2 saturated heterocycles. The van der Waals surface area contributed by atoms with Crippen molar-refractivity contribution in [3.05, 3.63) is 24.5 Å². The summed E-state index contributed by atoms with van der Waals surface area (Å²) in [5.74, 6) is 0.456. The van der Waals surface area contributed by atoms with Crippen molar-refractivity contribution in [3.8, 4) is 0 Å². The lowest BCUT2D eigenvalue weighted by atomic mass is 9.95. The van der Waals surface area contributed by atoms with Gasteiger partial charge in [0.1, 0.15) is 6.61 Å². The van der Waals surface area contributed by atoms with Crippen LogP contribution in [-0.4, -0.2) is 57.8 Å². The number of hydrogen-bond acceptors (Lipinski definition) is 4. The molecule has 1 amide bonds. The summed E-state index contributed by atoms with van der Waals surface area (Å²) in [4.78, 5) is 20.5. The fourth-order valence-electron chi connectivity index (χ4n) is 3.56. The lowest BCUT2D eigenvalue weighted by Gasteiger charge is -2.39. The van der Waals surface area contributed by atoms with Gasteiger partial charge >= 0.3 is 6.09 Å². The molecule has 1 aromatic heterocycles. The Hall–Kier alpha value is -1.89. The van der Waals surface area contributed by atoms with Gasteiger partial charge in [0.25, 0.3) is 0 Å². The molecule has 0 radical (unpaired) electrons. The van der Waals surface area contributed by atoms with Gasteiger partial charge < -0.3 is 15.0 Å². The molecule has 0 aromatic carbocycles. The van der Waals surface area contributed by atoms with Gasteiger partial charge in [0.2, 0.25) is 0 Å². The van der Waals surface area contributed by atoms with E-state index in [4.69, 9.17) is 17.0 Å². The Kier molecular flexibility index (Phi) is 5.73. The molecular weight excluding hydrogens is 336 g/mol. The van der Waals surface area contributed by atoms with Crippen LogP contribution in [0.15, 0.2) is 24.5 Å². The van der Waals surface area contributed by atoms with E-state index < -0.39 is 0 Å². The van der Waals surface area contributed by atoms with Gasteiger partial charge in [0.05, 0.1) is 17.9 Å². The maximum Gasteiger partial charge on any atom is 0.410 e. The monoisotopic (exact) mass is 362 g/mol. The van der Waals surface area contributed by atoms with Gasteiger partial charge in [-0.15, -0.1) is 0 Å². The Labute approximate surface area is 154 Å². The van der Waals surface area contributed by atoms with Crippen LogP contribution in [-0.2, 0) is 4.74 Å². The highest BCUT2D eigenvalue weighted by Gasteiger charge is 2.41. The topological polar surface area (TPSA) is 57.7 Å². The lowest BCUT2D eigenvalue weighted by Crippen LogP contribution is -2.51. The van der Waals surface area contributed by atoms with Gasteiger partial charge in [-0.3, -0.25) is 9.88 Å². The van der Waals surface area contributed by atoms with Gasteiger partial charge in [0.15, 0.2) is 5.11 Å². The minimum atomic E-state index is -0.153. The SMILES string of the molecule is CCC(C)C1COC(=O)N1C1CCN(C(=S)Nc2cccnc2)CC1. The third-order valence-electron chi connectivity index (χ3n) is 5.30. The first-order chi connectivity index (χ1) is 12.1. The summed E-state index contributed by atoms with van der Waals surface area (Å²) in [6.45, 7) is 6.56. The minimum Gasteiger partial charge on any atom is -0.447 e. The number of carbonyl (C=O) groups excluding carboxylic acids is 1. The van der Waals surface area contributed by atoms with Crippen LogP contribution in [0.25, 0.3) is 0 Å². The first-order valence-corrected chi connectivity index (χ1v) is 9.42. The second kappa shape index (κ2) is 7.99. The Morgan fingerprint density at radius 1 is 1.48 bits per heavy atom. The summed E-state index contributed by atoms with van der Waals surface area (Å²) < 4.78 is 5.34. The van der Waals surface area contributed by atoms with E-state index >= 15 is 0 Å². The number of nitrogens with one attached hydrogen (secondary N) is 1. The Balaban J connectivity index is 1.56. The fourth-order valence-corrected chi connectivity index (χ4v) is 3.86. The molecule has 2 aliphatic heterocycles. The summed E-state index contributed by atoms with van der Waals surface area (Å²) in [7, 11) is 0. The average Bonchev–Trinajstić information content (AvgIpc) is 3.03. The smallest absolute Gasteiger partial charge is 0.410 e. The van der Waals surface area contributed by atoms with Gasteiger partial charge in [0, 0.05) is 25.3 Å². The molecule has 0 bridgehead atoms. The standard InChI is InChI=1S/C18H26N4O2S/c1-3-13(2)16-12-24-18(23)22(16)15-6-9-21(10-7-15)17(25)20-14-5-4-8-19-11-14/h4-5,8,11,13,15-16H,3,6-7,9-10,12H2,1-2H3,(H,20,25). The van der Waals surface area contributed by atoms with E-state index in [1.807, 2.05) is 17.0 Å². The van der Waals surface area contributed by atoms with E-state index in [2.05, 4.69) is 29.0 Å². The van der Waals surface area contributed by atoms with E-state index in [1.54, 1.807) is 12.4 Å². The number of thiocarbonyl (C=S) groups is 1. The van der Waals surface area contributed by atoms with E-state index in [0.29, 0.717) is 17.6 Å². The number of ether oxygens (including phenoxy) is 1. The maximum absolute atomic E-state index is 12.2. The number of hydrogen-bond donors (Lipinski definition) is 1. The molecule has 2 fully saturated rings. The van der Waals surface area contributed by atoms with Crippen LogP contribution >= 0.6 is 12.2 Å². The van der Waals surface area contributed by atoms with Crippen LogP contribution in [0.5, 0.6) is 0 Å². The second-order valence-corrected chi connectivity index (χ2v) is 7.21. The zero-order chi connectivity index (χ0) is 17.8. The van der Waals surface area contributed by atoms with Gasteiger partial charge in [-0.2, -0.15) is 0 Å². The molecule has 0 aliphatic carbocycles. The highest BCUT2D eigenvalue weighted by atomic mass is 32.1. The normalized spacial score (nSPS) is 22.6. The number of cyclic esters (lactones) is 1. The Morgan fingerprint density at radius 3 is 2.88 bits per heavy atom. The number of amides is 1. The highest BCUT2D eigenvalue weighted by molar-refractivity contribution is 7.80. The maximum atomic E-state index is 12.2. The first kappa shape index (κ1) is 17.9. The van der Waals surface area contributed by atoms with Crippen molar-refractivity contribution in [2.45, 2.75) is 45.2 Å². The summed E-state index contributed by atoms with van der Waals surface area (Å²) in [5, 5.41) is 3.95. The van der Waals surface area contributed by atoms with Crippen molar-refractivity contribution in [1.82, 2.24) is 14.8 Å². The largest absolute Gasteiger partial charge is 0.447 e. The molecule has 0 spiro atoms. The molecule has 1 aromatic rings. The van der Waals surface area contributed by atoms with Crippen molar-refractivity contribution in [1.29, 1.82) is 0 Å². The quantitative estimate of drug-likeness (QED) is 0.831. The lowest BCUT2D eigenvalue weighted by molar-refractivity contribution is 0.112. The second-order valence-electron chi connectivity index (χ2n) is 6.83. The van der Waals surface area contributed by atoms with Crippen molar-refractivity contribution in [2.75, 3.05) is 25.0 Å². The molecule has 2 aliphatic rings. The Morgan fingerprint density at radius 2 is 2.24 bits per heavy atom. The molecule has 136 valence electrons. The van der Waals surface area contributed by atoms with E-state index in [0.717, 1.165) is 38.0 Å². The zero-order valence-electron chi connectivity index (χ0n) is 14.9. The molecule has 3 rings (SSSR count). The summed E-state index contributed by atoms with van der Waals surface area (Å²) in [5.41, 5.74) is 0.898. The van der Waals surface area contributed by atoms with Crippen LogP contribution in [0.2, 0.25) is 0 Å². The highest BCUT2D eigenvalue weighted by Crippen LogP contribution is 2.28. The number of nitrogens with zero attached hydrogens (tertiary/aromatic N) is 3. The van der Waals surface area contributed by atoms with E-state index in [1.165, 1.54) is 0 Å². The number of carbonyl (C=O) groups is 1. The number of pyridine rings is 1. The number of likely N-dealkylation sites (tertiary alicyclic amines) is 1. The van der Waals surface area contributed by atoms with E-state index in [-0.39, 0.29) is 18.2 Å². The van der Waals surface area contributed by atoms with Gasteiger partial charge in [-0.05, 0) is 43.1 Å². The number of aromatic nitrogens is 1. The van der Waals surface area contributed by atoms with Gasteiger partial charge in [-0.1, -0.05) is 20.3 Å². The third-order valence-corrected chi connectivity index (χ3v) is 5.66.